The van der Waals surface area contributed by atoms with Gasteiger partial charge in [-0.3, -0.25) is 14.4 Å². The molecular formula is C28H27N5O4. The molecule has 0 saturated heterocycles. The number of aromatic nitrogens is 3. The smallest absolute Gasteiger partial charge is 0.287 e. The predicted octanol–water partition coefficient (Wildman–Crippen LogP) is 2.96. The van der Waals surface area contributed by atoms with Crippen LogP contribution in [-0.4, -0.2) is 45.5 Å². The number of benzene rings is 2. The van der Waals surface area contributed by atoms with Crippen molar-refractivity contribution in [1.29, 1.82) is 0 Å². The van der Waals surface area contributed by atoms with E-state index in [9.17, 15) is 14.4 Å². The van der Waals surface area contributed by atoms with Gasteiger partial charge in [-0.25, -0.2) is 9.67 Å². The lowest BCUT2D eigenvalue weighted by Gasteiger charge is -2.17. The Morgan fingerprint density at radius 3 is 2.51 bits per heavy atom. The van der Waals surface area contributed by atoms with Crippen molar-refractivity contribution >= 4 is 17.6 Å². The van der Waals surface area contributed by atoms with Gasteiger partial charge in [0.05, 0.1) is 18.4 Å². The molecule has 0 aliphatic rings. The summed E-state index contributed by atoms with van der Waals surface area (Å²) in [6.45, 7) is 3.96. The van der Waals surface area contributed by atoms with Crippen LogP contribution in [-0.2, 0) is 16.0 Å². The van der Waals surface area contributed by atoms with Crippen LogP contribution >= 0.6 is 0 Å². The van der Waals surface area contributed by atoms with Crippen LogP contribution in [0.2, 0.25) is 0 Å². The average Bonchev–Trinajstić information content (AvgIpc) is 3.38. The Hall–Kier alpha value is -4.79. The topological polar surface area (TPSA) is 129 Å². The fourth-order valence-electron chi connectivity index (χ4n) is 4.22. The van der Waals surface area contributed by atoms with E-state index in [2.05, 4.69) is 15.4 Å². The normalized spacial score (nSPS) is 11.5. The third-order valence-electron chi connectivity index (χ3n) is 5.88. The molecule has 3 N–H and O–H groups in total. The van der Waals surface area contributed by atoms with Gasteiger partial charge in [0.1, 0.15) is 11.8 Å². The van der Waals surface area contributed by atoms with E-state index in [1.54, 1.807) is 43.8 Å². The quantitative estimate of drug-likeness (QED) is 0.342. The van der Waals surface area contributed by atoms with E-state index in [1.165, 1.54) is 4.68 Å². The van der Waals surface area contributed by atoms with E-state index in [1.807, 2.05) is 50.2 Å². The molecule has 37 heavy (non-hydrogen) atoms. The molecule has 1 unspecified atom stereocenters. The summed E-state index contributed by atoms with van der Waals surface area (Å²) in [7, 11) is 1.61. The fourth-order valence-corrected chi connectivity index (χ4v) is 4.22. The minimum atomic E-state index is -1.13. The molecule has 9 nitrogen and oxygen atoms in total. The number of aryl methyl sites for hydroxylation is 2. The van der Waals surface area contributed by atoms with Gasteiger partial charge in [0, 0.05) is 24.4 Å². The summed E-state index contributed by atoms with van der Waals surface area (Å²) in [6, 6.07) is 16.9. The Morgan fingerprint density at radius 2 is 1.81 bits per heavy atom. The van der Waals surface area contributed by atoms with Gasteiger partial charge in [-0.05, 0) is 54.8 Å². The molecule has 4 aromatic rings. The molecule has 0 saturated carbocycles. The second-order valence-corrected chi connectivity index (χ2v) is 8.63. The number of carbonyl (C=O) groups is 3. The van der Waals surface area contributed by atoms with E-state index in [0.29, 0.717) is 11.4 Å². The summed E-state index contributed by atoms with van der Waals surface area (Å²) in [5, 5.41) is 7.30. The van der Waals surface area contributed by atoms with Crippen LogP contribution in [0.1, 0.15) is 27.0 Å². The largest absolute Gasteiger partial charge is 0.496 e. The molecule has 0 spiro atoms. The average molecular weight is 498 g/mol. The molecule has 0 fully saturated rings. The number of ether oxygens (including phenoxy) is 1. The number of carbonyl (C=O) groups excluding carboxylic acids is 3. The van der Waals surface area contributed by atoms with Crippen molar-refractivity contribution in [2.24, 2.45) is 5.73 Å². The zero-order valence-corrected chi connectivity index (χ0v) is 20.8. The number of hydrogen-bond acceptors (Lipinski definition) is 6. The number of primary amides is 1. The predicted molar refractivity (Wildman–Crippen MR) is 138 cm³/mol. The van der Waals surface area contributed by atoms with Crippen molar-refractivity contribution in [3.8, 4) is 22.8 Å². The van der Waals surface area contributed by atoms with Crippen molar-refractivity contribution in [3.63, 3.8) is 0 Å². The van der Waals surface area contributed by atoms with Crippen LogP contribution in [0, 0.1) is 13.8 Å². The minimum Gasteiger partial charge on any atom is -0.496 e. The second-order valence-electron chi connectivity index (χ2n) is 8.63. The van der Waals surface area contributed by atoms with Crippen LogP contribution in [0.4, 0.5) is 0 Å². The Balaban J connectivity index is 1.66. The Bertz CT molecular complexity index is 1460. The summed E-state index contributed by atoms with van der Waals surface area (Å²) < 4.78 is 7.09. The summed E-state index contributed by atoms with van der Waals surface area (Å²) in [6.07, 6.45) is 3.35. The molecule has 9 heteroatoms. The highest BCUT2D eigenvalue weighted by atomic mass is 16.5. The first-order chi connectivity index (χ1) is 17.8. The fraction of sp³-hybridized carbons (Fsp3) is 0.179. The van der Waals surface area contributed by atoms with E-state index < -0.39 is 23.6 Å². The molecule has 2 amide bonds. The standard InChI is InChI=1S/C28H27N5O4/c1-17-14-18(2)25(37-3)21(15-17)22-11-13-33(32-22)27-20(10-7-12-30-27)28(36)31-23(24(34)26(29)35)16-19-8-5-4-6-9-19/h4-15,23H,16H2,1-3H3,(H2,29,35)(H,31,36). The van der Waals surface area contributed by atoms with E-state index >= 15 is 0 Å². The monoisotopic (exact) mass is 497 g/mol. The lowest BCUT2D eigenvalue weighted by atomic mass is 10.0. The molecule has 2 aromatic carbocycles. The molecule has 4 rings (SSSR count). The zero-order valence-electron chi connectivity index (χ0n) is 20.8. The van der Waals surface area contributed by atoms with Gasteiger partial charge in [0.2, 0.25) is 5.78 Å². The summed E-state index contributed by atoms with van der Waals surface area (Å²) >= 11 is 0. The lowest BCUT2D eigenvalue weighted by molar-refractivity contribution is -0.137. The SMILES string of the molecule is COc1c(C)cc(C)cc1-c1ccn(-c2ncccc2C(=O)NC(Cc2ccccc2)C(=O)C(N)=O)n1. The van der Waals surface area contributed by atoms with Crippen molar-refractivity contribution in [3.05, 3.63) is 95.3 Å². The van der Waals surface area contributed by atoms with Crippen LogP contribution in [0.25, 0.3) is 17.1 Å². The number of hydrogen-bond donors (Lipinski definition) is 2. The molecule has 1 atom stereocenters. The van der Waals surface area contributed by atoms with Crippen molar-refractivity contribution in [2.45, 2.75) is 26.3 Å². The van der Waals surface area contributed by atoms with Crippen molar-refractivity contribution in [1.82, 2.24) is 20.1 Å². The van der Waals surface area contributed by atoms with Crippen molar-refractivity contribution in [2.75, 3.05) is 7.11 Å². The van der Waals surface area contributed by atoms with Crippen LogP contribution in [0.3, 0.4) is 0 Å². The highest BCUT2D eigenvalue weighted by Gasteiger charge is 2.27. The molecule has 2 aromatic heterocycles. The number of Topliss-reactive ketones (excluding diaryl/α,β-unsaturated/α-hetero) is 1. The molecular weight excluding hydrogens is 470 g/mol. The number of ketones is 1. The van der Waals surface area contributed by atoms with Crippen LogP contribution < -0.4 is 15.8 Å². The number of nitrogens with two attached hydrogens (primary N) is 1. The highest BCUT2D eigenvalue weighted by molar-refractivity contribution is 6.38. The van der Waals surface area contributed by atoms with Gasteiger partial charge < -0.3 is 15.8 Å². The van der Waals surface area contributed by atoms with E-state index in [-0.39, 0.29) is 17.8 Å². The first-order valence-electron chi connectivity index (χ1n) is 11.6. The van der Waals surface area contributed by atoms with Gasteiger partial charge in [-0.15, -0.1) is 0 Å². The van der Waals surface area contributed by atoms with Gasteiger partial charge >= 0.3 is 0 Å². The number of nitrogens with zero attached hydrogens (tertiary/aromatic N) is 3. The third-order valence-corrected chi connectivity index (χ3v) is 5.88. The highest BCUT2D eigenvalue weighted by Crippen LogP contribution is 2.33. The number of rotatable bonds is 9. The second kappa shape index (κ2) is 10.9. The number of pyridine rings is 1. The Kier molecular flexibility index (Phi) is 7.43. The Morgan fingerprint density at radius 1 is 1.05 bits per heavy atom. The van der Waals surface area contributed by atoms with Crippen LogP contribution in [0.15, 0.2) is 73.1 Å². The third kappa shape index (κ3) is 5.56. The minimum absolute atomic E-state index is 0.113. The van der Waals surface area contributed by atoms with E-state index in [4.69, 9.17) is 10.5 Å². The molecule has 0 aliphatic heterocycles. The molecule has 2 heterocycles. The molecule has 0 aliphatic carbocycles. The number of amides is 2. The summed E-state index contributed by atoms with van der Waals surface area (Å²) in [5.74, 6) is -1.61. The van der Waals surface area contributed by atoms with Crippen LogP contribution in [0.5, 0.6) is 5.75 Å². The summed E-state index contributed by atoms with van der Waals surface area (Å²) in [4.78, 5) is 41.8. The van der Waals surface area contributed by atoms with Gasteiger partial charge in [0.15, 0.2) is 5.82 Å². The van der Waals surface area contributed by atoms with Gasteiger partial charge in [-0.1, -0.05) is 36.4 Å². The molecule has 0 bridgehead atoms. The number of methoxy groups -OCH3 is 1. The van der Waals surface area contributed by atoms with Crippen molar-refractivity contribution < 1.29 is 19.1 Å². The molecule has 188 valence electrons. The maximum Gasteiger partial charge on any atom is 0.287 e. The molecule has 0 radical (unpaired) electrons. The first kappa shape index (κ1) is 25.3. The van der Waals surface area contributed by atoms with Gasteiger partial charge in [-0.2, -0.15) is 5.10 Å². The zero-order chi connectivity index (χ0) is 26.5. The first-order valence-corrected chi connectivity index (χ1v) is 11.6. The maximum atomic E-state index is 13.3. The maximum absolute atomic E-state index is 13.3. The Labute approximate surface area is 214 Å². The summed E-state index contributed by atoms with van der Waals surface area (Å²) in [5.41, 5.74) is 9.70. The lowest BCUT2D eigenvalue weighted by Crippen LogP contribution is -2.47. The van der Waals surface area contributed by atoms with Gasteiger partial charge in [0.25, 0.3) is 11.8 Å². The number of nitrogens with one attached hydrogen (secondary N) is 1. The van der Waals surface area contributed by atoms with E-state index in [0.717, 1.165) is 22.3 Å².